The van der Waals surface area contributed by atoms with Crippen LogP contribution in [0.3, 0.4) is 0 Å². The van der Waals surface area contributed by atoms with Gasteiger partial charge in [0.25, 0.3) is 0 Å². The van der Waals surface area contributed by atoms with Gasteiger partial charge in [0.05, 0.1) is 30.5 Å². The van der Waals surface area contributed by atoms with Crippen molar-refractivity contribution < 1.29 is 23.8 Å². The summed E-state index contributed by atoms with van der Waals surface area (Å²) in [6.07, 6.45) is 0. The lowest BCUT2D eigenvalue weighted by Gasteiger charge is -2.32. The first kappa shape index (κ1) is 14.7. The maximum absolute atomic E-state index is 13.7. The summed E-state index contributed by atoms with van der Waals surface area (Å²) in [5.41, 5.74) is 0.00918. The van der Waals surface area contributed by atoms with Gasteiger partial charge in [0, 0.05) is 6.54 Å². The molecule has 7 nitrogen and oxygen atoms in total. The summed E-state index contributed by atoms with van der Waals surface area (Å²) in [6.45, 7) is 0.201. The van der Waals surface area contributed by atoms with Crippen LogP contribution >= 0.6 is 0 Å². The van der Waals surface area contributed by atoms with Gasteiger partial charge in [-0.05, 0) is 18.2 Å². The Hall–Kier alpha value is -2.66. The Labute approximate surface area is 119 Å². The molecule has 1 atom stereocenters. The molecule has 1 aliphatic heterocycles. The number of carboxylic acids is 1. The number of nitriles is 1. The van der Waals surface area contributed by atoms with E-state index in [0.717, 1.165) is 11.0 Å². The molecule has 0 bridgehead atoms. The van der Waals surface area contributed by atoms with E-state index in [1.165, 1.54) is 12.1 Å². The Kier molecular flexibility index (Phi) is 4.35. The summed E-state index contributed by atoms with van der Waals surface area (Å²) < 4.78 is 18.7. The number of nitrogens with zero attached hydrogens (tertiary/aromatic N) is 2. The fraction of sp³-hybridized carbons (Fsp3) is 0.308. The molecule has 2 amide bonds. The largest absolute Gasteiger partial charge is 0.480 e. The summed E-state index contributed by atoms with van der Waals surface area (Å²) in [7, 11) is 0. The molecule has 110 valence electrons. The average Bonchev–Trinajstić information content (AvgIpc) is 2.49. The van der Waals surface area contributed by atoms with Gasteiger partial charge in [0.1, 0.15) is 5.82 Å². The van der Waals surface area contributed by atoms with E-state index >= 15 is 0 Å². The molecular weight excluding hydrogens is 281 g/mol. The third-order valence-corrected chi connectivity index (χ3v) is 3.01. The number of ether oxygens (including phenoxy) is 1. The number of halogens is 1. The van der Waals surface area contributed by atoms with Crippen LogP contribution in [0.25, 0.3) is 0 Å². The van der Waals surface area contributed by atoms with E-state index in [1.807, 2.05) is 0 Å². The van der Waals surface area contributed by atoms with E-state index in [1.54, 1.807) is 6.07 Å². The summed E-state index contributed by atoms with van der Waals surface area (Å²) in [5.74, 6) is -1.95. The van der Waals surface area contributed by atoms with Crippen LogP contribution < -0.4 is 5.32 Å². The molecule has 2 N–H and O–H groups in total. The number of carbonyl (C=O) groups excluding carboxylic acids is 1. The molecule has 0 aliphatic carbocycles. The molecule has 0 aromatic heterocycles. The highest BCUT2D eigenvalue weighted by Crippen LogP contribution is 2.17. The average molecular weight is 293 g/mol. The molecule has 8 heteroatoms. The first-order valence-electron chi connectivity index (χ1n) is 6.10. The minimum absolute atomic E-state index is 0.0979. The van der Waals surface area contributed by atoms with E-state index in [2.05, 4.69) is 5.32 Å². The summed E-state index contributed by atoms with van der Waals surface area (Å²) in [4.78, 5) is 24.2. The zero-order valence-corrected chi connectivity index (χ0v) is 10.9. The van der Waals surface area contributed by atoms with Crippen molar-refractivity contribution in [2.24, 2.45) is 0 Å². The number of carboxylic acid groups (broad SMARTS) is 1. The summed E-state index contributed by atoms with van der Waals surface area (Å²) in [5, 5.41) is 20.0. The van der Waals surface area contributed by atoms with Crippen molar-refractivity contribution in [2.45, 2.75) is 6.04 Å². The molecular formula is C13H12FN3O4. The second-order valence-electron chi connectivity index (χ2n) is 4.36. The molecule has 1 fully saturated rings. The number of aliphatic carboxylic acids is 1. The second kappa shape index (κ2) is 6.19. The Balaban J connectivity index is 2.13. The number of urea groups is 1. The fourth-order valence-corrected chi connectivity index (χ4v) is 1.92. The number of carbonyl (C=O) groups is 2. The Morgan fingerprint density at radius 3 is 2.90 bits per heavy atom. The summed E-state index contributed by atoms with van der Waals surface area (Å²) in [6, 6.07) is 3.53. The van der Waals surface area contributed by atoms with Crippen LogP contribution in [-0.2, 0) is 9.53 Å². The number of nitrogens with one attached hydrogen (secondary N) is 1. The second-order valence-corrected chi connectivity index (χ2v) is 4.36. The Morgan fingerprint density at radius 2 is 2.29 bits per heavy atom. The quantitative estimate of drug-likeness (QED) is 0.847. The minimum Gasteiger partial charge on any atom is -0.480 e. The molecule has 0 radical (unpaired) electrons. The molecule has 2 rings (SSSR count). The van der Waals surface area contributed by atoms with Crippen molar-refractivity contribution in [2.75, 3.05) is 25.1 Å². The number of amides is 2. The van der Waals surface area contributed by atoms with Crippen LogP contribution in [0, 0.1) is 17.1 Å². The molecule has 1 aliphatic rings. The van der Waals surface area contributed by atoms with E-state index in [4.69, 9.17) is 15.1 Å². The first-order valence-corrected chi connectivity index (χ1v) is 6.10. The van der Waals surface area contributed by atoms with Gasteiger partial charge in [0.15, 0.2) is 6.04 Å². The van der Waals surface area contributed by atoms with Crippen molar-refractivity contribution in [1.82, 2.24) is 4.90 Å². The zero-order valence-electron chi connectivity index (χ0n) is 10.9. The molecule has 0 spiro atoms. The minimum atomic E-state index is -1.19. The monoisotopic (exact) mass is 293 g/mol. The van der Waals surface area contributed by atoms with Gasteiger partial charge in [-0.25, -0.2) is 14.0 Å². The summed E-state index contributed by atoms with van der Waals surface area (Å²) >= 11 is 0. The topological polar surface area (TPSA) is 103 Å². The fourth-order valence-electron chi connectivity index (χ4n) is 1.92. The number of anilines is 1. The van der Waals surface area contributed by atoms with Gasteiger partial charge < -0.3 is 20.1 Å². The standard InChI is InChI=1S/C13H12FN3O4/c14-9-5-8(6-15)1-2-10(9)16-13(20)17-3-4-21-7-11(17)12(18)19/h1-2,5,11H,3-4,7H2,(H,16,20)(H,18,19). The highest BCUT2D eigenvalue weighted by atomic mass is 19.1. The highest BCUT2D eigenvalue weighted by Gasteiger charge is 2.33. The molecule has 1 aromatic carbocycles. The van der Waals surface area contributed by atoms with Crippen LogP contribution in [-0.4, -0.2) is 47.8 Å². The SMILES string of the molecule is N#Cc1ccc(NC(=O)N2CCOCC2C(=O)O)c(F)c1. The van der Waals surface area contributed by atoms with Crippen LogP contribution in [0.5, 0.6) is 0 Å². The molecule has 1 saturated heterocycles. The third-order valence-electron chi connectivity index (χ3n) is 3.01. The maximum atomic E-state index is 13.7. The van der Waals surface area contributed by atoms with Crippen LogP contribution in [0.4, 0.5) is 14.9 Å². The third kappa shape index (κ3) is 3.27. The van der Waals surface area contributed by atoms with Crippen molar-refractivity contribution in [3.8, 4) is 6.07 Å². The first-order chi connectivity index (χ1) is 10.0. The maximum Gasteiger partial charge on any atom is 0.328 e. The predicted octanol–water partition coefficient (Wildman–Crippen LogP) is 1.01. The van der Waals surface area contributed by atoms with E-state index in [9.17, 15) is 14.0 Å². The van der Waals surface area contributed by atoms with Gasteiger partial charge in [-0.1, -0.05) is 0 Å². The van der Waals surface area contributed by atoms with Gasteiger partial charge in [-0.2, -0.15) is 5.26 Å². The molecule has 21 heavy (non-hydrogen) atoms. The van der Waals surface area contributed by atoms with Gasteiger partial charge >= 0.3 is 12.0 Å². The number of hydrogen-bond acceptors (Lipinski definition) is 4. The Bertz CT molecular complexity index is 614. The molecule has 1 unspecified atom stereocenters. The van der Waals surface area contributed by atoms with Gasteiger partial charge in [0.2, 0.25) is 0 Å². The zero-order chi connectivity index (χ0) is 15.4. The van der Waals surface area contributed by atoms with E-state index < -0.39 is 23.9 Å². The van der Waals surface area contributed by atoms with Crippen LogP contribution in [0.1, 0.15) is 5.56 Å². The Morgan fingerprint density at radius 1 is 1.52 bits per heavy atom. The highest BCUT2D eigenvalue weighted by molar-refractivity contribution is 5.92. The van der Waals surface area contributed by atoms with Crippen LogP contribution in [0.2, 0.25) is 0 Å². The molecule has 0 saturated carbocycles. The lowest BCUT2D eigenvalue weighted by Crippen LogP contribution is -2.54. The number of morpholine rings is 1. The van der Waals surface area contributed by atoms with Crippen LogP contribution in [0.15, 0.2) is 18.2 Å². The number of rotatable bonds is 2. The van der Waals surface area contributed by atoms with Gasteiger partial charge in [-0.15, -0.1) is 0 Å². The van der Waals surface area contributed by atoms with Crippen molar-refractivity contribution in [3.63, 3.8) is 0 Å². The molecule has 1 heterocycles. The van der Waals surface area contributed by atoms with E-state index in [0.29, 0.717) is 0 Å². The lowest BCUT2D eigenvalue weighted by atomic mass is 10.2. The normalized spacial score (nSPS) is 17.9. The van der Waals surface area contributed by atoms with Gasteiger partial charge in [-0.3, -0.25) is 0 Å². The lowest BCUT2D eigenvalue weighted by molar-refractivity contribution is -0.147. The smallest absolute Gasteiger partial charge is 0.328 e. The molecule has 1 aromatic rings. The number of hydrogen-bond donors (Lipinski definition) is 2. The van der Waals surface area contributed by atoms with Crippen molar-refractivity contribution >= 4 is 17.7 Å². The van der Waals surface area contributed by atoms with E-state index in [-0.39, 0.29) is 31.0 Å². The van der Waals surface area contributed by atoms with Crippen molar-refractivity contribution in [1.29, 1.82) is 5.26 Å². The van der Waals surface area contributed by atoms with Crippen molar-refractivity contribution in [3.05, 3.63) is 29.6 Å². The predicted molar refractivity (Wildman–Crippen MR) is 69.1 cm³/mol. The number of benzene rings is 1.